The topological polar surface area (TPSA) is 67.8 Å². The molecule has 9 heteroatoms. The number of oxime groups is 1. The lowest BCUT2D eigenvalue weighted by Gasteiger charge is -2.09. The van der Waals surface area contributed by atoms with Crippen molar-refractivity contribution in [2.24, 2.45) is 10.9 Å². The number of benzene rings is 1. The van der Waals surface area contributed by atoms with Crippen LogP contribution in [0.1, 0.15) is 12.8 Å². The number of hydrogen-bond donors (Lipinski definition) is 2. The average molecular weight is 284 g/mol. The van der Waals surface area contributed by atoms with Gasteiger partial charge in [0.05, 0.1) is 6.61 Å². The zero-order chi connectivity index (χ0) is 14.6. The fourth-order valence-corrected chi connectivity index (χ4v) is 1.19. The molecule has 0 aliphatic heterocycles. The zero-order valence-corrected chi connectivity index (χ0v) is 9.39. The Kier molecular flexibility index (Phi) is 4.90. The molecule has 3 N–H and O–H groups in total. The van der Waals surface area contributed by atoms with Gasteiger partial charge in [-0.2, -0.15) is 8.78 Å². The normalized spacial score (nSPS) is 11.7. The first-order valence-corrected chi connectivity index (χ1v) is 5.00. The molecular formula is C10H9F5N2O2. The standard InChI is InChI=1S/C10H9F5N2O2/c11-5-6(12)8(14)10(9(15)7(5)13)19-3-1-2-4(16)17-18/h18H,1-3H2,(H2,16,17). The van der Waals surface area contributed by atoms with Crippen molar-refractivity contribution in [2.75, 3.05) is 6.61 Å². The summed E-state index contributed by atoms with van der Waals surface area (Å²) >= 11 is 0. The first kappa shape index (κ1) is 15.0. The summed E-state index contributed by atoms with van der Waals surface area (Å²) in [6.07, 6.45) is 0.0985. The van der Waals surface area contributed by atoms with Crippen molar-refractivity contribution in [3.63, 3.8) is 0 Å². The molecular weight excluding hydrogens is 275 g/mol. The number of hydrogen-bond acceptors (Lipinski definition) is 3. The van der Waals surface area contributed by atoms with Gasteiger partial charge in [0, 0.05) is 6.42 Å². The average Bonchev–Trinajstić information content (AvgIpc) is 2.41. The number of nitrogens with two attached hydrogens (primary N) is 1. The lowest BCUT2D eigenvalue weighted by molar-refractivity contribution is 0.259. The van der Waals surface area contributed by atoms with E-state index in [0.29, 0.717) is 0 Å². The molecule has 0 saturated heterocycles. The summed E-state index contributed by atoms with van der Waals surface area (Å²) in [5.74, 6) is -12.0. The summed E-state index contributed by atoms with van der Waals surface area (Å²) in [7, 11) is 0. The summed E-state index contributed by atoms with van der Waals surface area (Å²) in [6.45, 7) is -0.366. The van der Waals surface area contributed by atoms with Crippen LogP contribution in [0, 0.1) is 29.1 Å². The highest BCUT2D eigenvalue weighted by Crippen LogP contribution is 2.29. The van der Waals surface area contributed by atoms with Crippen LogP contribution in [0.25, 0.3) is 0 Å². The van der Waals surface area contributed by atoms with Crippen LogP contribution >= 0.6 is 0 Å². The largest absolute Gasteiger partial charge is 0.487 e. The fourth-order valence-electron chi connectivity index (χ4n) is 1.19. The smallest absolute Gasteiger partial charge is 0.206 e. The number of ether oxygens (including phenoxy) is 1. The summed E-state index contributed by atoms with van der Waals surface area (Å²) in [4.78, 5) is 0. The van der Waals surface area contributed by atoms with Crippen LogP contribution in [0.2, 0.25) is 0 Å². The Labute approximate surface area is 104 Å². The maximum atomic E-state index is 13.1. The van der Waals surface area contributed by atoms with Crippen molar-refractivity contribution in [1.29, 1.82) is 0 Å². The van der Waals surface area contributed by atoms with Crippen LogP contribution in [-0.2, 0) is 0 Å². The number of halogens is 5. The number of nitrogens with zero attached hydrogens (tertiary/aromatic N) is 1. The van der Waals surface area contributed by atoms with Crippen LogP contribution in [0.3, 0.4) is 0 Å². The van der Waals surface area contributed by atoms with Gasteiger partial charge in [0.1, 0.15) is 5.84 Å². The molecule has 106 valence electrons. The predicted molar refractivity (Wildman–Crippen MR) is 54.4 cm³/mol. The molecule has 0 heterocycles. The Morgan fingerprint density at radius 2 is 1.47 bits per heavy atom. The third kappa shape index (κ3) is 3.24. The van der Waals surface area contributed by atoms with Crippen molar-refractivity contribution in [2.45, 2.75) is 12.8 Å². The van der Waals surface area contributed by atoms with Gasteiger partial charge in [-0.25, -0.2) is 13.2 Å². The molecule has 1 aromatic rings. The van der Waals surface area contributed by atoms with Gasteiger partial charge < -0.3 is 15.7 Å². The summed E-state index contributed by atoms with van der Waals surface area (Å²) in [6, 6.07) is 0. The minimum atomic E-state index is -2.25. The molecule has 0 saturated carbocycles. The van der Waals surface area contributed by atoms with Gasteiger partial charge >= 0.3 is 0 Å². The van der Waals surface area contributed by atoms with Crippen molar-refractivity contribution >= 4 is 5.84 Å². The summed E-state index contributed by atoms with van der Waals surface area (Å²) in [5.41, 5.74) is 5.11. The van der Waals surface area contributed by atoms with Crippen LogP contribution in [0.5, 0.6) is 5.75 Å². The van der Waals surface area contributed by atoms with Gasteiger partial charge in [-0.3, -0.25) is 0 Å². The van der Waals surface area contributed by atoms with E-state index >= 15 is 0 Å². The van der Waals surface area contributed by atoms with Crippen molar-refractivity contribution in [1.82, 2.24) is 0 Å². The molecule has 0 amide bonds. The second-order valence-electron chi connectivity index (χ2n) is 3.44. The molecule has 0 fully saturated rings. The Balaban J connectivity index is 2.79. The number of amidine groups is 1. The molecule has 0 radical (unpaired) electrons. The lowest BCUT2D eigenvalue weighted by atomic mass is 10.2. The fraction of sp³-hybridized carbons (Fsp3) is 0.300. The van der Waals surface area contributed by atoms with E-state index in [0.717, 1.165) is 0 Å². The Morgan fingerprint density at radius 3 is 1.95 bits per heavy atom. The molecule has 0 atom stereocenters. The van der Waals surface area contributed by atoms with Crippen molar-refractivity contribution in [3.8, 4) is 5.75 Å². The minimum Gasteiger partial charge on any atom is -0.487 e. The van der Waals surface area contributed by atoms with Gasteiger partial charge in [0.2, 0.25) is 29.1 Å². The lowest BCUT2D eigenvalue weighted by Crippen LogP contribution is -2.14. The Hall–Kier alpha value is -2.06. The first-order chi connectivity index (χ1) is 8.90. The van der Waals surface area contributed by atoms with E-state index < -0.39 is 34.8 Å². The SMILES string of the molecule is N/C(CCCOc1c(F)c(F)c(F)c(F)c1F)=N\O. The van der Waals surface area contributed by atoms with Gasteiger partial charge in [-0.15, -0.1) is 0 Å². The molecule has 0 bridgehead atoms. The van der Waals surface area contributed by atoms with Crippen LogP contribution in [-0.4, -0.2) is 17.6 Å². The van der Waals surface area contributed by atoms with Gasteiger partial charge in [0.25, 0.3) is 0 Å². The summed E-state index contributed by atoms with van der Waals surface area (Å²) < 4.78 is 69.0. The highest BCUT2D eigenvalue weighted by molar-refractivity contribution is 5.79. The second kappa shape index (κ2) is 6.21. The molecule has 0 spiro atoms. The molecule has 0 aliphatic carbocycles. The van der Waals surface area contributed by atoms with Crippen molar-refractivity contribution in [3.05, 3.63) is 29.1 Å². The highest BCUT2D eigenvalue weighted by atomic mass is 19.2. The molecule has 0 aliphatic rings. The molecule has 0 unspecified atom stereocenters. The summed E-state index contributed by atoms with van der Waals surface area (Å²) in [5, 5.41) is 10.8. The van der Waals surface area contributed by atoms with E-state index in [2.05, 4.69) is 9.89 Å². The van der Waals surface area contributed by atoms with Gasteiger partial charge in [-0.1, -0.05) is 5.16 Å². The van der Waals surface area contributed by atoms with E-state index in [9.17, 15) is 22.0 Å². The maximum absolute atomic E-state index is 13.1. The van der Waals surface area contributed by atoms with Gasteiger partial charge in [0.15, 0.2) is 5.75 Å². The molecule has 1 aromatic carbocycles. The van der Waals surface area contributed by atoms with E-state index in [-0.39, 0.29) is 25.3 Å². The molecule has 4 nitrogen and oxygen atoms in total. The first-order valence-electron chi connectivity index (χ1n) is 5.00. The number of rotatable bonds is 5. The van der Waals surface area contributed by atoms with Crippen LogP contribution in [0.15, 0.2) is 5.16 Å². The van der Waals surface area contributed by atoms with Crippen LogP contribution in [0.4, 0.5) is 22.0 Å². The second-order valence-corrected chi connectivity index (χ2v) is 3.44. The quantitative estimate of drug-likeness (QED) is 0.127. The third-order valence-corrected chi connectivity index (χ3v) is 2.12. The molecule has 0 aromatic heterocycles. The highest BCUT2D eigenvalue weighted by Gasteiger charge is 2.26. The molecule has 19 heavy (non-hydrogen) atoms. The predicted octanol–water partition coefficient (Wildman–Crippen LogP) is 2.29. The third-order valence-electron chi connectivity index (χ3n) is 2.12. The maximum Gasteiger partial charge on any atom is 0.206 e. The minimum absolute atomic E-state index is 0.0336. The monoisotopic (exact) mass is 284 g/mol. The van der Waals surface area contributed by atoms with Gasteiger partial charge in [-0.05, 0) is 6.42 Å². The van der Waals surface area contributed by atoms with E-state index in [4.69, 9.17) is 10.9 Å². The van der Waals surface area contributed by atoms with E-state index in [1.54, 1.807) is 0 Å². The van der Waals surface area contributed by atoms with E-state index in [1.807, 2.05) is 0 Å². The van der Waals surface area contributed by atoms with Crippen LogP contribution < -0.4 is 10.5 Å². The molecule has 1 rings (SSSR count). The van der Waals surface area contributed by atoms with Crippen molar-refractivity contribution < 1.29 is 31.9 Å². The zero-order valence-electron chi connectivity index (χ0n) is 9.39. The Bertz CT molecular complexity index is 478. The van der Waals surface area contributed by atoms with E-state index in [1.165, 1.54) is 0 Å². The Morgan fingerprint density at radius 1 is 1.00 bits per heavy atom.